The Hall–Kier alpha value is -1.91. The highest BCUT2D eigenvalue weighted by Crippen LogP contribution is 2.20. The minimum Gasteiger partial charge on any atom is -0.394 e. The largest absolute Gasteiger partial charge is 0.394 e. The topological polar surface area (TPSA) is 49.8 Å². The lowest BCUT2D eigenvalue weighted by Gasteiger charge is -2.32. The van der Waals surface area contributed by atoms with E-state index in [1.54, 1.807) is 4.90 Å². The van der Waals surface area contributed by atoms with Gasteiger partial charge < -0.3 is 14.7 Å². The van der Waals surface area contributed by atoms with Gasteiger partial charge in [0.2, 0.25) is 5.91 Å². The van der Waals surface area contributed by atoms with Gasteiger partial charge in [0.25, 0.3) is 0 Å². The molecule has 1 atom stereocenters. The third-order valence-electron chi connectivity index (χ3n) is 3.92. The highest BCUT2D eigenvalue weighted by molar-refractivity contribution is 5.90. The van der Waals surface area contributed by atoms with Crippen LogP contribution in [0.2, 0.25) is 0 Å². The van der Waals surface area contributed by atoms with Gasteiger partial charge in [0.1, 0.15) is 0 Å². The standard InChI is InChI=1S/C17H19NO3/c19-12-15-11-18(8-9-21-15)17(20)10-14-6-3-5-13-4-1-2-7-16(13)14/h1-7,15,19H,8-12H2. The fourth-order valence-corrected chi connectivity index (χ4v) is 2.78. The van der Waals surface area contributed by atoms with E-state index < -0.39 is 0 Å². The molecule has 1 aliphatic rings. The van der Waals surface area contributed by atoms with Crippen LogP contribution >= 0.6 is 0 Å². The predicted molar refractivity (Wildman–Crippen MR) is 81.1 cm³/mol. The van der Waals surface area contributed by atoms with E-state index in [4.69, 9.17) is 9.84 Å². The van der Waals surface area contributed by atoms with Gasteiger partial charge in [-0.25, -0.2) is 0 Å². The Balaban J connectivity index is 1.77. The summed E-state index contributed by atoms with van der Waals surface area (Å²) < 4.78 is 5.38. The van der Waals surface area contributed by atoms with Crippen LogP contribution in [0, 0.1) is 0 Å². The first-order valence-electron chi connectivity index (χ1n) is 7.25. The predicted octanol–water partition coefficient (Wildman–Crippen LogP) is 1.60. The summed E-state index contributed by atoms with van der Waals surface area (Å²) in [6, 6.07) is 14.1. The second-order valence-corrected chi connectivity index (χ2v) is 5.33. The molecule has 1 unspecified atom stereocenters. The number of benzene rings is 2. The molecule has 110 valence electrons. The zero-order valence-electron chi connectivity index (χ0n) is 11.9. The number of morpholine rings is 1. The smallest absolute Gasteiger partial charge is 0.227 e. The molecule has 1 amide bonds. The monoisotopic (exact) mass is 285 g/mol. The molecule has 1 saturated heterocycles. The van der Waals surface area contributed by atoms with E-state index in [0.717, 1.165) is 16.3 Å². The third-order valence-corrected chi connectivity index (χ3v) is 3.92. The number of carbonyl (C=O) groups excluding carboxylic acids is 1. The molecular formula is C17H19NO3. The Morgan fingerprint density at radius 3 is 2.90 bits per heavy atom. The van der Waals surface area contributed by atoms with E-state index >= 15 is 0 Å². The Morgan fingerprint density at radius 2 is 2.05 bits per heavy atom. The molecule has 0 bridgehead atoms. The van der Waals surface area contributed by atoms with Crippen LogP contribution in [0.1, 0.15) is 5.56 Å². The Labute approximate surface area is 123 Å². The first-order valence-corrected chi connectivity index (χ1v) is 7.25. The fourth-order valence-electron chi connectivity index (χ4n) is 2.78. The number of nitrogens with zero attached hydrogens (tertiary/aromatic N) is 1. The maximum atomic E-state index is 12.5. The Morgan fingerprint density at radius 1 is 1.24 bits per heavy atom. The summed E-state index contributed by atoms with van der Waals surface area (Å²) in [5.41, 5.74) is 1.05. The molecule has 0 aromatic heterocycles. The highest BCUT2D eigenvalue weighted by atomic mass is 16.5. The molecule has 0 saturated carbocycles. The second-order valence-electron chi connectivity index (χ2n) is 5.33. The molecule has 3 rings (SSSR count). The molecular weight excluding hydrogens is 266 g/mol. The molecule has 1 N–H and O–H groups in total. The first-order chi connectivity index (χ1) is 10.3. The molecule has 4 nitrogen and oxygen atoms in total. The average molecular weight is 285 g/mol. The SMILES string of the molecule is O=C(Cc1cccc2ccccc12)N1CCOC(CO)C1. The molecule has 0 spiro atoms. The number of amides is 1. The molecule has 0 aliphatic carbocycles. The van der Waals surface area contributed by atoms with Crippen molar-refractivity contribution in [1.82, 2.24) is 4.90 Å². The summed E-state index contributed by atoms with van der Waals surface area (Å²) in [6.45, 7) is 1.52. The fraction of sp³-hybridized carbons (Fsp3) is 0.353. The number of rotatable bonds is 3. The van der Waals surface area contributed by atoms with Crippen LogP contribution < -0.4 is 0 Å². The van der Waals surface area contributed by atoms with Crippen molar-refractivity contribution in [2.75, 3.05) is 26.3 Å². The van der Waals surface area contributed by atoms with Crippen molar-refractivity contribution in [2.45, 2.75) is 12.5 Å². The van der Waals surface area contributed by atoms with E-state index in [9.17, 15) is 4.79 Å². The summed E-state index contributed by atoms with van der Waals surface area (Å²) >= 11 is 0. The first kappa shape index (κ1) is 14.0. The lowest BCUT2D eigenvalue weighted by molar-refractivity contribution is -0.139. The van der Waals surface area contributed by atoms with Crippen molar-refractivity contribution in [3.63, 3.8) is 0 Å². The van der Waals surface area contributed by atoms with Gasteiger partial charge in [-0.1, -0.05) is 42.5 Å². The minimum atomic E-state index is -0.254. The third kappa shape index (κ3) is 3.06. The molecule has 1 aliphatic heterocycles. The number of hydrogen-bond donors (Lipinski definition) is 1. The van der Waals surface area contributed by atoms with Gasteiger partial charge in [0.15, 0.2) is 0 Å². The van der Waals surface area contributed by atoms with Gasteiger partial charge in [-0.2, -0.15) is 0 Å². The maximum Gasteiger partial charge on any atom is 0.227 e. The number of carbonyl (C=O) groups is 1. The molecule has 2 aromatic rings. The van der Waals surface area contributed by atoms with Gasteiger partial charge in [-0.05, 0) is 16.3 Å². The van der Waals surface area contributed by atoms with E-state index in [-0.39, 0.29) is 18.6 Å². The summed E-state index contributed by atoms with van der Waals surface area (Å²) in [7, 11) is 0. The van der Waals surface area contributed by atoms with Gasteiger partial charge >= 0.3 is 0 Å². The molecule has 21 heavy (non-hydrogen) atoms. The normalized spacial score (nSPS) is 18.9. The van der Waals surface area contributed by atoms with Crippen LogP contribution in [0.5, 0.6) is 0 Å². The van der Waals surface area contributed by atoms with Gasteiger partial charge in [-0.3, -0.25) is 4.79 Å². The molecule has 4 heteroatoms. The van der Waals surface area contributed by atoms with Crippen LogP contribution in [-0.2, 0) is 16.0 Å². The van der Waals surface area contributed by atoms with E-state index in [2.05, 4.69) is 12.1 Å². The molecule has 0 radical (unpaired) electrons. The zero-order valence-corrected chi connectivity index (χ0v) is 11.9. The summed E-state index contributed by atoms with van der Waals surface area (Å²) in [5.74, 6) is 0.0908. The number of aliphatic hydroxyl groups is 1. The summed E-state index contributed by atoms with van der Waals surface area (Å²) in [4.78, 5) is 14.2. The zero-order chi connectivity index (χ0) is 14.7. The van der Waals surface area contributed by atoms with Crippen molar-refractivity contribution in [3.8, 4) is 0 Å². The van der Waals surface area contributed by atoms with E-state index in [1.165, 1.54) is 0 Å². The highest BCUT2D eigenvalue weighted by Gasteiger charge is 2.23. The van der Waals surface area contributed by atoms with Crippen LogP contribution in [0.25, 0.3) is 10.8 Å². The Kier molecular flexibility index (Phi) is 4.18. The van der Waals surface area contributed by atoms with Crippen LogP contribution in [0.3, 0.4) is 0 Å². The van der Waals surface area contributed by atoms with E-state index in [1.807, 2.05) is 30.3 Å². The number of aliphatic hydroxyl groups excluding tert-OH is 1. The minimum absolute atomic E-state index is 0.0436. The van der Waals surface area contributed by atoms with Gasteiger partial charge in [0.05, 0.1) is 25.7 Å². The van der Waals surface area contributed by atoms with E-state index in [0.29, 0.717) is 26.1 Å². The van der Waals surface area contributed by atoms with Crippen LogP contribution in [0.15, 0.2) is 42.5 Å². The van der Waals surface area contributed by atoms with Crippen molar-refractivity contribution >= 4 is 16.7 Å². The van der Waals surface area contributed by atoms with Crippen LogP contribution in [0.4, 0.5) is 0 Å². The molecule has 1 heterocycles. The average Bonchev–Trinajstić information content (AvgIpc) is 2.55. The van der Waals surface area contributed by atoms with Gasteiger partial charge in [-0.15, -0.1) is 0 Å². The second kappa shape index (κ2) is 6.24. The number of fused-ring (bicyclic) bond motifs is 1. The van der Waals surface area contributed by atoms with Crippen molar-refractivity contribution < 1.29 is 14.6 Å². The summed E-state index contributed by atoms with van der Waals surface area (Å²) in [6.07, 6.45) is 0.134. The summed E-state index contributed by atoms with van der Waals surface area (Å²) in [5, 5.41) is 11.4. The number of hydrogen-bond acceptors (Lipinski definition) is 3. The van der Waals surface area contributed by atoms with Crippen molar-refractivity contribution in [2.24, 2.45) is 0 Å². The number of ether oxygens (including phenoxy) is 1. The lowest BCUT2D eigenvalue weighted by atomic mass is 10.0. The lowest BCUT2D eigenvalue weighted by Crippen LogP contribution is -2.47. The van der Waals surface area contributed by atoms with Crippen molar-refractivity contribution in [1.29, 1.82) is 0 Å². The molecule has 2 aromatic carbocycles. The quantitative estimate of drug-likeness (QED) is 0.932. The Bertz CT molecular complexity index is 635. The van der Waals surface area contributed by atoms with Crippen LogP contribution in [-0.4, -0.2) is 48.3 Å². The molecule has 1 fully saturated rings. The van der Waals surface area contributed by atoms with Gasteiger partial charge in [0, 0.05) is 13.1 Å². The van der Waals surface area contributed by atoms with Crippen molar-refractivity contribution in [3.05, 3.63) is 48.0 Å². The maximum absolute atomic E-state index is 12.5.